The lowest BCUT2D eigenvalue weighted by Gasteiger charge is -2.22. The highest BCUT2D eigenvalue weighted by atomic mass is 32.2. The molecule has 1 aromatic heterocycles. The molecule has 31 heavy (non-hydrogen) atoms. The summed E-state index contributed by atoms with van der Waals surface area (Å²) in [6.45, 7) is 9.38. The fourth-order valence-corrected chi connectivity index (χ4v) is 3.84. The molecule has 8 heteroatoms. The quantitative estimate of drug-likeness (QED) is 0.420. The number of esters is 1. The van der Waals surface area contributed by atoms with E-state index < -0.39 is 28.8 Å². The highest BCUT2D eigenvalue weighted by molar-refractivity contribution is 7.99. The van der Waals surface area contributed by atoms with Crippen LogP contribution in [0.4, 0.5) is 13.2 Å². The summed E-state index contributed by atoms with van der Waals surface area (Å²) in [5.74, 6) is -0.957. The Morgan fingerprint density at radius 3 is 2.19 bits per heavy atom. The number of hydrogen-bond donors (Lipinski definition) is 0. The number of ether oxygens (including phenoxy) is 1. The van der Waals surface area contributed by atoms with Crippen LogP contribution in [0.2, 0.25) is 0 Å². The van der Waals surface area contributed by atoms with Crippen LogP contribution in [-0.4, -0.2) is 15.7 Å². The maximum Gasteiger partial charge on any atom is 0.417 e. The first-order chi connectivity index (χ1) is 14.4. The minimum absolute atomic E-state index is 0.123. The van der Waals surface area contributed by atoms with Crippen molar-refractivity contribution in [3.63, 3.8) is 0 Å². The maximum absolute atomic E-state index is 13.4. The molecule has 4 nitrogen and oxygen atoms in total. The minimum atomic E-state index is -4.67. The van der Waals surface area contributed by atoms with Crippen LogP contribution in [0.15, 0.2) is 58.3 Å². The van der Waals surface area contributed by atoms with Crippen molar-refractivity contribution < 1.29 is 22.7 Å². The number of rotatable bonds is 4. The van der Waals surface area contributed by atoms with Gasteiger partial charge in [0.25, 0.3) is 0 Å². The van der Waals surface area contributed by atoms with Gasteiger partial charge in [0.1, 0.15) is 0 Å². The summed E-state index contributed by atoms with van der Waals surface area (Å²) in [4.78, 5) is 14.3. The lowest BCUT2D eigenvalue weighted by molar-refractivity contribution is -0.138. The maximum atomic E-state index is 13.4. The molecule has 1 heterocycles. The van der Waals surface area contributed by atoms with Gasteiger partial charge in [-0.25, -0.2) is 9.48 Å². The monoisotopic (exact) mass is 448 g/mol. The Balaban J connectivity index is 2.05. The Morgan fingerprint density at radius 1 is 1.00 bits per heavy atom. The molecule has 0 N–H and O–H groups in total. The molecule has 0 bridgehead atoms. The topological polar surface area (TPSA) is 44.1 Å². The van der Waals surface area contributed by atoms with Crippen LogP contribution in [-0.2, 0) is 11.7 Å². The molecular formula is C23H23F3N2O2S. The van der Waals surface area contributed by atoms with Gasteiger partial charge in [0.05, 0.1) is 27.3 Å². The Labute approximate surface area is 183 Å². The fraction of sp³-hybridized carbons (Fsp3) is 0.304. The summed E-state index contributed by atoms with van der Waals surface area (Å²) in [7, 11) is 0. The largest absolute Gasteiger partial charge is 0.417 e. The molecule has 0 radical (unpaired) electrons. The van der Waals surface area contributed by atoms with E-state index in [2.05, 4.69) is 5.10 Å². The van der Waals surface area contributed by atoms with Crippen LogP contribution in [0.5, 0.6) is 5.88 Å². The second kappa shape index (κ2) is 8.42. The molecule has 0 fully saturated rings. The molecule has 0 saturated carbocycles. The van der Waals surface area contributed by atoms with Crippen molar-refractivity contribution in [3.05, 3.63) is 70.9 Å². The molecule has 0 saturated heterocycles. The molecule has 0 spiro atoms. The summed E-state index contributed by atoms with van der Waals surface area (Å²) in [5.41, 5.74) is -0.420. The van der Waals surface area contributed by atoms with Gasteiger partial charge in [-0.3, -0.25) is 0 Å². The zero-order valence-electron chi connectivity index (χ0n) is 17.9. The van der Waals surface area contributed by atoms with Crippen molar-refractivity contribution >= 4 is 17.7 Å². The van der Waals surface area contributed by atoms with E-state index in [9.17, 15) is 18.0 Å². The zero-order valence-corrected chi connectivity index (χ0v) is 18.7. The number of halogens is 3. The summed E-state index contributed by atoms with van der Waals surface area (Å²) in [6, 6.07) is 12.4. The van der Waals surface area contributed by atoms with Crippen molar-refractivity contribution in [1.82, 2.24) is 9.78 Å². The third kappa shape index (κ3) is 5.12. The number of nitrogens with zero attached hydrogens (tertiary/aromatic N) is 2. The van der Waals surface area contributed by atoms with Gasteiger partial charge in [0, 0.05) is 4.90 Å². The first-order valence-electron chi connectivity index (χ1n) is 9.61. The van der Waals surface area contributed by atoms with E-state index in [1.807, 2.05) is 52.0 Å². The highest BCUT2D eigenvalue weighted by Crippen LogP contribution is 2.41. The normalized spacial score (nSPS) is 12.1. The zero-order chi connectivity index (χ0) is 23.0. The Morgan fingerprint density at radius 2 is 1.61 bits per heavy atom. The smallest absolute Gasteiger partial charge is 0.403 e. The van der Waals surface area contributed by atoms with E-state index in [-0.39, 0.29) is 5.88 Å². The third-order valence-electron chi connectivity index (χ3n) is 4.48. The van der Waals surface area contributed by atoms with Gasteiger partial charge in [0.15, 0.2) is 0 Å². The number of aromatic nitrogens is 2. The molecule has 0 aliphatic heterocycles. The first-order valence-corrected chi connectivity index (χ1v) is 10.4. The summed E-state index contributed by atoms with van der Waals surface area (Å²) in [6.07, 6.45) is -4.67. The first kappa shape index (κ1) is 22.9. The Bertz CT molecular complexity index is 1100. The third-order valence-corrected chi connectivity index (χ3v) is 5.67. The predicted molar refractivity (Wildman–Crippen MR) is 114 cm³/mol. The van der Waals surface area contributed by atoms with Crippen LogP contribution in [0.1, 0.15) is 48.0 Å². The molecule has 0 aliphatic carbocycles. The van der Waals surface area contributed by atoms with Crippen LogP contribution in [0, 0.1) is 13.8 Å². The molecule has 0 atom stereocenters. The van der Waals surface area contributed by atoms with E-state index >= 15 is 0 Å². The van der Waals surface area contributed by atoms with Crippen LogP contribution in [0.3, 0.4) is 0 Å². The van der Waals surface area contributed by atoms with E-state index in [4.69, 9.17) is 4.74 Å². The van der Waals surface area contributed by atoms with Crippen LogP contribution >= 0.6 is 11.8 Å². The lowest BCUT2D eigenvalue weighted by Crippen LogP contribution is -2.26. The average Bonchev–Trinajstić information content (AvgIpc) is 2.99. The summed E-state index contributed by atoms with van der Waals surface area (Å²) >= 11 is 1.35. The van der Waals surface area contributed by atoms with Gasteiger partial charge >= 0.3 is 12.1 Å². The molecular weight excluding hydrogens is 425 g/mol. The van der Waals surface area contributed by atoms with Gasteiger partial charge in [-0.15, -0.1) is 0 Å². The number of carbonyl (C=O) groups excluding carboxylic acids is 1. The Kier molecular flexibility index (Phi) is 6.23. The number of benzene rings is 2. The molecule has 2 aromatic carbocycles. The van der Waals surface area contributed by atoms with Gasteiger partial charge in [-0.2, -0.15) is 18.3 Å². The van der Waals surface area contributed by atoms with E-state index in [1.165, 1.54) is 28.6 Å². The van der Waals surface area contributed by atoms with E-state index in [1.54, 1.807) is 6.92 Å². The van der Waals surface area contributed by atoms with Crippen molar-refractivity contribution in [1.29, 1.82) is 0 Å². The van der Waals surface area contributed by atoms with Gasteiger partial charge in [-0.1, -0.05) is 41.6 Å². The van der Waals surface area contributed by atoms with E-state index in [0.29, 0.717) is 10.6 Å². The summed E-state index contributed by atoms with van der Waals surface area (Å²) < 4.78 is 47.3. The van der Waals surface area contributed by atoms with Crippen molar-refractivity contribution in [3.8, 4) is 5.88 Å². The lowest BCUT2D eigenvalue weighted by atomic mass is 10.1. The minimum Gasteiger partial charge on any atom is -0.403 e. The molecule has 3 aromatic rings. The number of aryl methyl sites for hydroxylation is 2. The second-order valence-corrected chi connectivity index (χ2v) is 9.23. The molecule has 164 valence electrons. The molecule has 0 unspecified atom stereocenters. The van der Waals surface area contributed by atoms with Gasteiger partial charge in [-0.05, 0) is 58.9 Å². The SMILES string of the molecule is Cc1ccc(Sc2c(C)nn(C(C)(C)C)c2OC(=O)c2ccccc2C(F)(F)F)cc1. The van der Waals surface area contributed by atoms with Crippen molar-refractivity contribution in [2.45, 2.75) is 56.1 Å². The van der Waals surface area contributed by atoms with E-state index in [0.717, 1.165) is 22.6 Å². The Hall–Kier alpha value is -2.74. The predicted octanol–water partition coefficient (Wildman–Crippen LogP) is 6.64. The standard InChI is InChI=1S/C23H23F3N2O2S/c1-14-10-12-16(13-11-14)31-19-15(2)27-28(22(3,4)5)20(19)30-21(29)17-8-6-7-9-18(17)23(24,25)26/h6-13H,1-5H3. The molecule has 3 rings (SSSR count). The summed E-state index contributed by atoms with van der Waals surface area (Å²) in [5, 5.41) is 4.51. The number of hydrogen-bond acceptors (Lipinski definition) is 4. The second-order valence-electron chi connectivity index (χ2n) is 8.15. The number of alkyl halides is 3. The van der Waals surface area contributed by atoms with Crippen LogP contribution in [0.25, 0.3) is 0 Å². The van der Waals surface area contributed by atoms with Crippen molar-refractivity contribution in [2.24, 2.45) is 0 Å². The van der Waals surface area contributed by atoms with Crippen molar-refractivity contribution in [2.75, 3.05) is 0 Å². The highest BCUT2D eigenvalue weighted by Gasteiger charge is 2.36. The van der Waals surface area contributed by atoms with Gasteiger partial charge in [0.2, 0.25) is 5.88 Å². The van der Waals surface area contributed by atoms with Crippen LogP contribution < -0.4 is 4.74 Å². The average molecular weight is 449 g/mol. The van der Waals surface area contributed by atoms with Gasteiger partial charge < -0.3 is 4.74 Å². The fourth-order valence-electron chi connectivity index (χ4n) is 2.93. The molecule has 0 amide bonds. The molecule has 0 aliphatic rings. The number of carbonyl (C=O) groups is 1.